The van der Waals surface area contributed by atoms with Gasteiger partial charge in [-0.15, -0.1) is 0 Å². The molecule has 1 heterocycles. The molecule has 2 N–H and O–H groups in total. The van der Waals surface area contributed by atoms with Crippen molar-refractivity contribution in [1.29, 1.82) is 0 Å². The second kappa shape index (κ2) is 6.34. The van der Waals surface area contributed by atoms with Gasteiger partial charge < -0.3 is 10.6 Å². The van der Waals surface area contributed by atoms with Crippen LogP contribution in [0.15, 0.2) is 23.2 Å². The first-order chi connectivity index (χ1) is 9.88. The van der Waals surface area contributed by atoms with Gasteiger partial charge in [-0.2, -0.15) is 13.2 Å². The quantitative estimate of drug-likeness (QED) is 0.880. The molecule has 1 aromatic carbocycles. The van der Waals surface area contributed by atoms with Crippen molar-refractivity contribution < 1.29 is 18.0 Å². The van der Waals surface area contributed by atoms with Crippen molar-refractivity contribution in [3.8, 4) is 0 Å². The molecule has 0 atom stereocenters. The summed E-state index contributed by atoms with van der Waals surface area (Å²) < 4.78 is 38.8. The molecule has 0 saturated heterocycles. The van der Waals surface area contributed by atoms with Crippen LogP contribution in [0.3, 0.4) is 0 Å². The number of alkyl halides is 3. The predicted molar refractivity (Wildman–Crippen MR) is 74.6 cm³/mol. The van der Waals surface area contributed by atoms with Crippen molar-refractivity contribution >= 4 is 29.0 Å². The Morgan fingerprint density at radius 2 is 2.10 bits per heavy atom. The van der Waals surface area contributed by atoms with Crippen molar-refractivity contribution in [2.24, 2.45) is 4.99 Å². The van der Waals surface area contributed by atoms with Gasteiger partial charge in [-0.05, 0) is 31.0 Å². The minimum atomic E-state index is -4.60. The van der Waals surface area contributed by atoms with Crippen LogP contribution >= 0.6 is 11.6 Å². The number of nitrogens with one attached hydrogen (secondary N) is 2. The fourth-order valence-corrected chi connectivity index (χ4v) is 2.06. The Labute approximate surface area is 124 Å². The maximum Gasteiger partial charge on any atom is 0.418 e. The molecule has 0 aromatic heterocycles. The fraction of sp³-hybridized carbons (Fsp3) is 0.385. The van der Waals surface area contributed by atoms with Gasteiger partial charge in [0.25, 0.3) is 5.91 Å². The molecule has 0 radical (unpaired) electrons. The van der Waals surface area contributed by atoms with Crippen LogP contribution in [0.2, 0.25) is 5.02 Å². The normalized spacial score (nSPS) is 15.7. The summed E-state index contributed by atoms with van der Waals surface area (Å²) >= 11 is 5.58. The lowest BCUT2D eigenvalue weighted by molar-refractivity contribution is -0.136. The number of anilines is 1. The number of amidine groups is 1. The van der Waals surface area contributed by atoms with E-state index in [1.807, 2.05) is 0 Å². The summed E-state index contributed by atoms with van der Waals surface area (Å²) in [6.07, 6.45) is -2.92. The number of rotatable bonds is 2. The highest BCUT2D eigenvalue weighted by molar-refractivity contribution is 6.42. The fourth-order valence-electron chi connectivity index (χ4n) is 1.88. The van der Waals surface area contributed by atoms with Crippen molar-refractivity contribution in [2.75, 3.05) is 18.4 Å². The van der Waals surface area contributed by atoms with Crippen LogP contribution in [0, 0.1) is 0 Å². The number of amides is 1. The number of hydrogen-bond donors (Lipinski definition) is 2. The van der Waals surface area contributed by atoms with Crippen LogP contribution < -0.4 is 10.6 Å². The molecule has 0 unspecified atom stereocenters. The molecule has 0 fully saturated rings. The zero-order valence-corrected chi connectivity index (χ0v) is 11.7. The number of hydrogen-bond acceptors (Lipinski definition) is 3. The molecular formula is C13H13ClF3N3O. The maximum atomic E-state index is 12.9. The number of aliphatic imine (C=N–C) groups is 1. The Kier molecular flexibility index (Phi) is 4.72. The first kappa shape index (κ1) is 15.6. The Hall–Kier alpha value is -1.76. The SMILES string of the molecule is O=C(Nc1ccc(Cl)cc1C(F)(F)F)C1=NCCCCN1. The van der Waals surface area contributed by atoms with Crippen molar-refractivity contribution in [1.82, 2.24) is 5.32 Å². The molecule has 2 rings (SSSR count). The van der Waals surface area contributed by atoms with Gasteiger partial charge in [0, 0.05) is 18.1 Å². The largest absolute Gasteiger partial charge is 0.418 e. The summed E-state index contributed by atoms with van der Waals surface area (Å²) in [7, 11) is 0. The molecule has 114 valence electrons. The molecule has 0 bridgehead atoms. The molecule has 1 aromatic rings. The van der Waals surface area contributed by atoms with Gasteiger partial charge in [-0.25, -0.2) is 0 Å². The average Bonchev–Trinajstić information content (AvgIpc) is 2.68. The van der Waals surface area contributed by atoms with E-state index < -0.39 is 17.6 Å². The monoisotopic (exact) mass is 319 g/mol. The first-order valence-electron chi connectivity index (χ1n) is 6.34. The van der Waals surface area contributed by atoms with Crippen molar-refractivity contribution in [3.05, 3.63) is 28.8 Å². The predicted octanol–water partition coefficient (Wildman–Crippen LogP) is 3.08. The van der Waals surface area contributed by atoms with Crippen LogP contribution in [0.4, 0.5) is 18.9 Å². The lowest BCUT2D eigenvalue weighted by Crippen LogP contribution is -2.36. The van der Waals surface area contributed by atoms with E-state index in [4.69, 9.17) is 11.6 Å². The minimum absolute atomic E-state index is 0.0507. The maximum absolute atomic E-state index is 12.9. The number of halogens is 4. The van der Waals surface area contributed by atoms with Crippen LogP contribution in [0.5, 0.6) is 0 Å². The van der Waals surface area contributed by atoms with Crippen LogP contribution in [-0.2, 0) is 11.0 Å². The zero-order valence-electron chi connectivity index (χ0n) is 10.9. The van der Waals surface area contributed by atoms with Gasteiger partial charge in [-0.3, -0.25) is 9.79 Å². The number of carbonyl (C=O) groups excluding carboxylic acids is 1. The lowest BCUT2D eigenvalue weighted by atomic mass is 10.1. The van der Waals surface area contributed by atoms with E-state index in [2.05, 4.69) is 15.6 Å². The minimum Gasteiger partial charge on any atom is -0.366 e. The Bertz CT molecular complexity index is 572. The van der Waals surface area contributed by atoms with Crippen LogP contribution in [0.25, 0.3) is 0 Å². The van der Waals surface area contributed by atoms with E-state index in [0.717, 1.165) is 25.0 Å². The van der Waals surface area contributed by atoms with E-state index in [1.54, 1.807) is 0 Å². The first-order valence-corrected chi connectivity index (χ1v) is 6.72. The smallest absolute Gasteiger partial charge is 0.366 e. The highest BCUT2D eigenvalue weighted by Crippen LogP contribution is 2.36. The van der Waals surface area contributed by atoms with Crippen LogP contribution in [-0.4, -0.2) is 24.8 Å². The van der Waals surface area contributed by atoms with E-state index in [0.29, 0.717) is 13.1 Å². The zero-order chi connectivity index (χ0) is 15.5. The third-order valence-electron chi connectivity index (χ3n) is 2.90. The third-order valence-corrected chi connectivity index (χ3v) is 3.13. The highest BCUT2D eigenvalue weighted by Gasteiger charge is 2.34. The molecule has 0 aliphatic carbocycles. The molecule has 0 saturated carbocycles. The summed E-state index contributed by atoms with van der Waals surface area (Å²) in [4.78, 5) is 16.0. The number of benzene rings is 1. The molecule has 1 aliphatic rings. The topological polar surface area (TPSA) is 53.5 Å². The number of carbonyl (C=O) groups is 1. The van der Waals surface area contributed by atoms with E-state index >= 15 is 0 Å². The van der Waals surface area contributed by atoms with E-state index in [9.17, 15) is 18.0 Å². The molecule has 8 heteroatoms. The Morgan fingerprint density at radius 1 is 1.33 bits per heavy atom. The lowest BCUT2D eigenvalue weighted by Gasteiger charge is -2.15. The number of nitrogens with zero attached hydrogens (tertiary/aromatic N) is 1. The van der Waals surface area contributed by atoms with E-state index in [1.165, 1.54) is 6.07 Å². The summed E-state index contributed by atoms with van der Waals surface area (Å²) in [5.41, 5.74) is -1.33. The molecule has 21 heavy (non-hydrogen) atoms. The van der Waals surface area contributed by atoms with Crippen molar-refractivity contribution in [2.45, 2.75) is 19.0 Å². The van der Waals surface area contributed by atoms with Gasteiger partial charge in [0.15, 0.2) is 5.84 Å². The van der Waals surface area contributed by atoms with Gasteiger partial charge in [0.05, 0.1) is 11.3 Å². The summed E-state index contributed by atoms with van der Waals surface area (Å²) in [5, 5.41) is 4.98. The average molecular weight is 320 g/mol. The second-order valence-corrected chi connectivity index (χ2v) is 4.94. The molecule has 1 aliphatic heterocycles. The molecule has 1 amide bonds. The summed E-state index contributed by atoms with van der Waals surface area (Å²) in [6.45, 7) is 1.04. The second-order valence-electron chi connectivity index (χ2n) is 4.51. The highest BCUT2D eigenvalue weighted by atomic mass is 35.5. The standard InChI is InChI=1S/C13H13ClF3N3O/c14-8-3-4-10(9(7-8)13(15,16)17)20-12(21)11-18-5-1-2-6-19-11/h3-4,7H,1-2,5-6H2,(H,18,19)(H,20,21). The molecular weight excluding hydrogens is 307 g/mol. The van der Waals surface area contributed by atoms with Gasteiger partial charge in [0.1, 0.15) is 0 Å². The van der Waals surface area contributed by atoms with Gasteiger partial charge in [0.2, 0.25) is 0 Å². The molecule has 4 nitrogen and oxygen atoms in total. The Morgan fingerprint density at radius 3 is 2.81 bits per heavy atom. The third kappa shape index (κ3) is 4.10. The van der Waals surface area contributed by atoms with Crippen molar-refractivity contribution in [3.63, 3.8) is 0 Å². The van der Waals surface area contributed by atoms with Crippen LogP contribution in [0.1, 0.15) is 18.4 Å². The Balaban J connectivity index is 2.23. The summed E-state index contributed by atoms with van der Waals surface area (Å²) in [6, 6.07) is 3.19. The molecule has 0 spiro atoms. The van der Waals surface area contributed by atoms with Gasteiger partial charge >= 0.3 is 6.18 Å². The summed E-state index contributed by atoms with van der Waals surface area (Å²) in [5.74, 6) is -0.639. The van der Waals surface area contributed by atoms with E-state index in [-0.39, 0.29) is 16.5 Å². The van der Waals surface area contributed by atoms with Gasteiger partial charge in [-0.1, -0.05) is 11.6 Å².